The Labute approximate surface area is 112 Å². The van der Waals surface area contributed by atoms with Crippen molar-refractivity contribution < 1.29 is 103 Å². The van der Waals surface area contributed by atoms with Gasteiger partial charge in [0.1, 0.15) is 0 Å². The van der Waals surface area contributed by atoms with E-state index in [0.717, 1.165) is 0 Å². The van der Waals surface area contributed by atoms with Crippen molar-refractivity contribution in [3.8, 4) is 0 Å². The summed E-state index contributed by atoms with van der Waals surface area (Å²) in [4.78, 5) is 0. The average Bonchev–Trinajstić information content (AvgIpc) is 0.722. The summed E-state index contributed by atoms with van der Waals surface area (Å²) in [5.74, 6) is 0. The summed E-state index contributed by atoms with van der Waals surface area (Å²) < 4.78 is 31.6. The zero-order chi connectivity index (χ0) is 4.50. The molecule has 0 aromatic rings. The first kappa shape index (κ1) is 39.2. The van der Waals surface area contributed by atoms with Gasteiger partial charge in [0, 0.05) is 85.3 Å². The predicted octanol–water partition coefficient (Wildman–Crippen LogP) is -0.665. The standard InChI is InChI=1S/5Cu.H2O4S/c;;;;;1-5(2,3)4/h;;;;;(H2,1,2,3,4). The van der Waals surface area contributed by atoms with Crippen LogP contribution in [-0.4, -0.2) is 17.5 Å². The van der Waals surface area contributed by atoms with E-state index in [2.05, 4.69) is 0 Å². The third kappa shape index (κ3) is 154. The molecule has 87 valence electrons. The normalized spacial score (nSPS) is 5.80. The molecule has 0 aliphatic rings. The molecule has 0 spiro atoms. The van der Waals surface area contributed by atoms with E-state index < -0.39 is 10.4 Å². The first-order chi connectivity index (χ1) is 2.00. The van der Waals surface area contributed by atoms with Gasteiger partial charge in [0.2, 0.25) is 0 Å². The van der Waals surface area contributed by atoms with E-state index in [0.29, 0.717) is 0 Å². The minimum atomic E-state index is -4.67. The average molecular weight is 416 g/mol. The molecule has 10 heavy (non-hydrogen) atoms. The molecule has 0 aromatic carbocycles. The van der Waals surface area contributed by atoms with Gasteiger partial charge in [0.25, 0.3) is 0 Å². The summed E-state index contributed by atoms with van der Waals surface area (Å²) in [6.07, 6.45) is 0. The monoisotopic (exact) mass is 413 g/mol. The van der Waals surface area contributed by atoms with Gasteiger partial charge in [-0.2, -0.15) is 8.42 Å². The molecule has 10 heteroatoms. The van der Waals surface area contributed by atoms with Crippen LogP contribution in [0.4, 0.5) is 0 Å². The van der Waals surface area contributed by atoms with E-state index in [1.165, 1.54) is 0 Å². The fourth-order valence-corrected chi connectivity index (χ4v) is 0. The molecule has 0 aliphatic carbocycles. The Hall–Kier alpha value is 2.47. The van der Waals surface area contributed by atoms with Crippen LogP contribution in [0.25, 0.3) is 0 Å². The van der Waals surface area contributed by atoms with Gasteiger partial charge in [-0.3, -0.25) is 9.11 Å². The predicted molar refractivity (Wildman–Crippen MR) is 14.2 cm³/mol. The smallest absolute Gasteiger partial charge is 0.264 e. The van der Waals surface area contributed by atoms with Gasteiger partial charge in [-0.25, -0.2) is 0 Å². The van der Waals surface area contributed by atoms with Gasteiger partial charge >= 0.3 is 10.4 Å². The van der Waals surface area contributed by atoms with Crippen molar-refractivity contribution in [3.05, 3.63) is 0 Å². The minimum Gasteiger partial charge on any atom is -0.264 e. The molecule has 0 saturated heterocycles. The van der Waals surface area contributed by atoms with Crippen LogP contribution in [-0.2, 0) is 95.7 Å². The molecule has 0 unspecified atom stereocenters. The van der Waals surface area contributed by atoms with Crippen molar-refractivity contribution in [1.82, 2.24) is 0 Å². The largest absolute Gasteiger partial charge is 0.394 e. The molecule has 0 saturated carbocycles. The van der Waals surface area contributed by atoms with Gasteiger partial charge in [-0.15, -0.1) is 0 Å². The second-order valence-corrected chi connectivity index (χ2v) is 1.34. The van der Waals surface area contributed by atoms with Crippen LogP contribution in [0.2, 0.25) is 0 Å². The summed E-state index contributed by atoms with van der Waals surface area (Å²) in [5.41, 5.74) is 0. The van der Waals surface area contributed by atoms with Crippen LogP contribution in [0.3, 0.4) is 0 Å². The SMILES string of the molecule is O=S(=O)(O)O.[Cu].[Cu].[Cu].[Cu].[Cu]. The van der Waals surface area contributed by atoms with Gasteiger partial charge in [-0.1, -0.05) is 0 Å². The Kier molecular flexibility index (Phi) is 68.7. The second kappa shape index (κ2) is 17.5. The van der Waals surface area contributed by atoms with E-state index in [9.17, 15) is 0 Å². The molecule has 0 aromatic heterocycles. The maximum atomic E-state index is 8.74. The van der Waals surface area contributed by atoms with E-state index in [1.807, 2.05) is 0 Å². The molecule has 0 rings (SSSR count). The van der Waals surface area contributed by atoms with E-state index in [4.69, 9.17) is 17.5 Å². The zero-order valence-electron chi connectivity index (χ0n) is 3.63. The second-order valence-electron chi connectivity index (χ2n) is 0.448. The fraction of sp³-hybridized carbons (Fsp3) is 0. The Balaban J connectivity index is -0.00000000800. The third-order valence-electron chi connectivity index (χ3n) is 0. The molecule has 4 nitrogen and oxygen atoms in total. The molecule has 0 aliphatic heterocycles. The van der Waals surface area contributed by atoms with Crippen molar-refractivity contribution in [1.29, 1.82) is 0 Å². The molecule has 0 atom stereocenters. The maximum Gasteiger partial charge on any atom is 0.394 e. The van der Waals surface area contributed by atoms with E-state index >= 15 is 0 Å². The third-order valence-corrected chi connectivity index (χ3v) is 0. The van der Waals surface area contributed by atoms with Gasteiger partial charge in [-0.05, 0) is 0 Å². The summed E-state index contributed by atoms with van der Waals surface area (Å²) >= 11 is 0. The van der Waals surface area contributed by atoms with Crippen LogP contribution < -0.4 is 0 Å². The molecular formula is H2Cu5O4S. The first-order valence-corrected chi connectivity index (χ1v) is 2.10. The number of hydrogen-bond acceptors (Lipinski definition) is 2. The zero-order valence-corrected chi connectivity index (χ0v) is 9.15. The number of rotatable bonds is 0. The summed E-state index contributed by atoms with van der Waals surface area (Å²) in [5, 5.41) is 0. The van der Waals surface area contributed by atoms with Crippen LogP contribution in [0, 0.1) is 0 Å². The van der Waals surface area contributed by atoms with Crippen LogP contribution >= 0.6 is 0 Å². The Morgan fingerprint density at radius 3 is 0.700 bits per heavy atom. The van der Waals surface area contributed by atoms with Gasteiger partial charge in [0.05, 0.1) is 0 Å². The fourth-order valence-electron chi connectivity index (χ4n) is 0. The van der Waals surface area contributed by atoms with E-state index in [1.54, 1.807) is 0 Å². The first-order valence-electron chi connectivity index (χ1n) is 0.698. The van der Waals surface area contributed by atoms with Gasteiger partial charge in [0.15, 0.2) is 0 Å². The Morgan fingerprint density at radius 1 is 0.700 bits per heavy atom. The minimum absolute atomic E-state index is 0. The summed E-state index contributed by atoms with van der Waals surface area (Å²) in [6.45, 7) is 0. The molecular weight excluding hydrogens is 414 g/mol. The molecule has 0 amide bonds. The van der Waals surface area contributed by atoms with Crippen molar-refractivity contribution in [2.24, 2.45) is 0 Å². The maximum absolute atomic E-state index is 8.74. The van der Waals surface area contributed by atoms with Crippen molar-refractivity contribution in [2.45, 2.75) is 0 Å². The summed E-state index contributed by atoms with van der Waals surface area (Å²) in [7, 11) is -4.67. The van der Waals surface area contributed by atoms with Crippen molar-refractivity contribution in [3.63, 3.8) is 0 Å². The van der Waals surface area contributed by atoms with Crippen LogP contribution in [0.5, 0.6) is 0 Å². The quantitative estimate of drug-likeness (QED) is 0.407. The summed E-state index contributed by atoms with van der Waals surface area (Å²) in [6, 6.07) is 0. The molecule has 0 bridgehead atoms. The van der Waals surface area contributed by atoms with Crippen molar-refractivity contribution >= 4 is 10.4 Å². The Bertz CT molecular complexity index is 96.8. The Morgan fingerprint density at radius 2 is 0.700 bits per heavy atom. The van der Waals surface area contributed by atoms with Crippen LogP contribution in [0.15, 0.2) is 0 Å². The van der Waals surface area contributed by atoms with Crippen molar-refractivity contribution in [2.75, 3.05) is 0 Å². The topological polar surface area (TPSA) is 74.6 Å². The molecule has 0 heterocycles. The van der Waals surface area contributed by atoms with E-state index in [-0.39, 0.29) is 85.3 Å². The molecule has 2 N–H and O–H groups in total. The van der Waals surface area contributed by atoms with Gasteiger partial charge < -0.3 is 0 Å². The molecule has 0 fully saturated rings. The molecule has 5 radical (unpaired) electrons. The number of hydrogen-bond donors (Lipinski definition) is 2. The van der Waals surface area contributed by atoms with Crippen LogP contribution in [0.1, 0.15) is 0 Å².